The fourth-order valence-corrected chi connectivity index (χ4v) is 7.29. The monoisotopic (exact) mass is 620 g/mol. The zero-order chi connectivity index (χ0) is 30.6. The molecular weight excluding hydrogens is 590 g/mol. The van der Waals surface area contributed by atoms with E-state index in [9.17, 15) is 23.2 Å². The second-order valence-electron chi connectivity index (χ2n) is 12.2. The van der Waals surface area contributed by atoms with Gasteiger partial charge in [0.15, 0.2) is 0 Å². The number of ether oxygens (including phenoxy) is 1. The summed E-state index contributed by atoms with van der Waals surface area (Å²) in [6.45, 7) is 2.29. The predicted molar refractivity (Wildman–Crippen MR) is 159 cm³/mol. The maximum Gasteiger partial charge on any atom is 0.281 e. The molecule has 1 saturated carbocycles. The van der Waals surface area contributed by atoms with Gasteiger partial charge in [0.05, 0.1) is 23.8 Å². The molecule has 7 rings (SSSR count). The van der Waals surface area contributed by atoms with Gasteiger partial charge in [0.1, 0.15) is 11.1 Å². The smallest absolute Gasteiger partial charge is 0.281 e. The lowest BCUT2D eigenvalue weighted by Gasteiger charge is -2.47. The molecule has 1 aliphatic carbocycles. The second-order valence-corrected chi connectivity index (χ2v) is 12.7. The van der Waals surface area contributed by atoms with Crippen molar-refractivity contribution in [1.82, 2.24) is 15.2 Å². The Morgan fingerprint density at radius 2 is 1.80 bits per heavy atom. The van der Waals surface area contributed by atoms with Crippen LogP contribution in [0, 0.1) is 5.92 Å². The highest BCUT2D eigenvalue weighted by Crippen LogP contribution is 2.48. The van der Waals surface area contributed by atoms with Crippen molar-refractivity contribution < 1.29 is 27.9 Å². The van der Waals surface area contributed by atoms with Crippen LogP contribution in [0.25, 0.3) is 0 Å². The van der Waals surface area contributed by atoms with Gasteiger partial charge in [0, 0.05) is 43.1 Å². The molecule has 1 spiro atoms. The van der Waals surface area contributed by atoms with Gasteiger partial charge in [0.2, 0.25) is 5.91 Å². The Morgan fingerprint density at radius 1 is 1.05 bits per heavy atom. The van der Waals surface area contributed by atoms with Crippen LogP contribution in [-0.2, 0) is 28.2 Å². The van der Waals surface area contributed by atoms with Crippen LogP contribution in [0.5, 0.6) is 0 Å². The van der Waals surface area contributed by atoms with Gasteiger partial charge in [-0.1, -0.05) is 35.9 Å². The van der Waals surface area contributed by atoms with Crippen molar-refractivity contribution in [3.05, 3.63) is 93.3 Å². The van der Waals surface area contributed by atoms with Gasteiger partial charge in [-0.15, -0.1) is 0 Å². The molecule has 2 fully saturated rings. The number of para-hydroxylation sites is 1. The topological polar surface area (TPSA) is 91.8 Å². The van der Waals surface area contributed by atoms with Crippen LogP contribution < -0.4 is 10.2 Å². The van der Waals surface area contributed by atoms with Crippen LogP contribution in [0.15, 0.2) is 54.7 Å². The van der Waals surface area contributed by atoms with E-state index in [0.29, 0.717) is 51.3 Å². The first-order chi connectivity index (χ1) is 21.2. The number of halogens is 3. The van der Waals surface area contributed by atoms with Crippen LogP contribution in [0.1, 0.15) is 75.2 Å². The molecule has 228 valence electrons. The summed E-state index contributed by atoms with van der Waals surface area (Å²) in [6, 6.07) is 14.5. The zero-order valence-corrected chi connectivity index (χ0v) is 24.7. The van der Waals surface area contributed by atoms with Gasteiger partial charge in [-0.25, -0.2) is 8.78 Å². The standard InChI is InChI=1S/C33H31ClF2N4O4/c34-23-12-25(28(29(35)36)37-13-23)30(41)38-24-9-5-19(6-10-24)14-40-27-4-2-1-3-26(27)33(32(40)43)17-39(18-33)31(42)20-7-8-21-15-44-16-22(21)11-20/h1-4,7-8,11-13,19,24,29H,5-6,9-10,14-18H2,(H,38,41)/t19-,24-. The summed E-state index contributed by atoms with van der Waals surface area (Å²) >= 11 is 5.92. The predicted octanol–water partition coefficient (Wildman–Crippen LogP) is 5.43. The maximum absolute atomic E-state index is 14.0. The van der Waals surface area contributed by atoms with Crippen molar-refractivity contribution >= 4 is 35.0 Å². The number of benzene rings is 2. The number of fused-ring (bicyclic) bond motifs is 3. The number of hydrogen-bond donors (Lipinski definition) is 1. The molecule has 0 radical (unpaired) electrons. The van der Waals surface area contributed by atoms with Crippen molar-refractivity contribution in [2.45, 2.75) is 56.8 Å². The third kappa shape index (κ3) is 4.94. The van der Waals surface area contributed by atoms with Crippen molar-refractivity contribution in [1.29, 1.82) is 0 Å². The zero-order valence-electron chi connectivity index (χ0n) is 23.9. The Balaban J connectivity index is 0.990. The van der Waals surface area contributed by atoms with Gasteiger partial charge < -0.3 is 19.9 Å². The number of carbonyl (C=O) groups excluding carboxylic acids is 3. The normalized spacial score (nSPS) is 21.8. The number of amides is 3. The average molecular weight is 621 g/mol. The fraction of sp³-hybridized carbons (Fsp3) is 0.394. The van der Waals surface area contributed by atoms with Crippen molar-refractivity contribution in [3.8, 4) is 0 Å². The molecule has 1 saturated heterocycles. The highest BCUT2D eigenvalue weighted by Gasteiger charge is 2.59. The molecule has 0 unspecified atom stereocenters. The molecule has 44 heavy (non-hydrogen) atoms. The number of hydrogen-bond acceptors (Lipinski definition) is 5. The minimum Gasteiger partial charge on any atom is -0.372 e. The maximum atomic E-state index is 14.0. The molecule has 1 N–H and O–H groups in total. The molecule has 4 aliphatic rings. The SMILES string of the molecule is O=C(N[C@H]1CC[C@H](CN2C(=O)C3(CN(C(=O)c4ccc5c(c4)COC5)C3)c3ccccc32)CC1)c1cc(Cl)cnc1C(F)F. The molecule has 4 heterocycles. The van der Waals surface area contributed by atoms with E-state index in [0.717, 1.165) is 41.4 Å². The van der Waals surface area contributed by atoms with Gasteiger partial charge in [-0.05, 0) is 72.6 Å². The molecular formula is C33H31ClF2N4O4. The molecule has 0 bridgehead atoms. The first-order valence-corrected chi connectivity index (χ1v) is 15.3. The van der Waals surface area contributed by atoms with E-state index >= 15 is 0 Å². The Kier molecular flexibility index (Phi) is 7.37. The van der Waals surface area contributed by atoms with Crippen LogP contribution in [0.2, 0.25) is 5.02 Å². The number of pyridine rings is 1. The van der Waals surface area contributed by atoms with Gasteiger partial charge in [-0.2, -0.15) is 0 Å². The van der Waals surface area contributed by atoms with Crippen molar-refractivity contribution in [2.24, 2.45) is 5.92 Å². The number of nitrogens with zero attached hydrogens (tertiary/aromatic N) is 3. The van der Waals surface area contributed by atoms with Crippen LogP contribution in [0.4, 0.5) is 14.5 Å². The summed E-state index contributed by atoms with van der Waals surface area (Å²) in [7, 11) is 0. The molecule has 1 aromatic heterocycles. The lowest BCUT2D eigenvalue weighted by molar-refractivity contribution is -0.128. The largest absolute Gasteiger partial charge is 0.372 e. The van der Waals surface area contributed by atoms with E-state index < -0.39 is 23.4 Å². The van der Waals surface area contributed by atoms with Crippen molar-refractivity contribution in [3.63, 3.8) is 0 Å². The number of carbonyl (C=O) groups is 3. The highest BCUT2D eigenvalue weighted by molar-refractivity contribution is 6.30. The van der Waals surface area contributed by atoms with E-state index in [-0.39, 0.29) is 34.4 Å². The average Bonchev–Trinajstić information content (AvgIpc) is 3.57. The number of nitrogens with one attached hydrogen (secondary N) is 1. The molecule has 8 nitrogen and oxygen atoms in total. The summed E-state index contributed by atoms with van der Waals surface area (Å²) in [5.74, 6) is -0.454. The van der Waals surface area contributed by atoms with Gasteiger partial charge in [-0.3, -0.25) is 19.4 Å². The highest BCUT2D eigenvalue weighted by atomic mass is 35.5. The number of anilines is 1. The van der Waals surface area contributed by atoms with Crippen molar-refractivity contribution in [2.75, 3.05) is 24.5 Å². The van der Waals surface area contributed by atoms with Gasteiger partial charge in [0.25, 0.3) is 18.2 Å². The second kappa shape index (κ2) is 11.2. The van der Waals surface area contributed by atoms with Crippen LogP contribution >= 0.6 is 11.6 Å². The first kappa shape index (κ1) is 28.9. The first-order valence-electron chi connectivity index (χ1n) is 14.9. The summed E-state index contributed by atoms with van der Waals surface area (Å²) in [4.78, 5) is 47.4. The lowest BCUT2D eigenvalue weighted by atomic mass is 9.74. The Labute approximate surface area is 258 Å². The quantitative estimate of drug-likeness (QED) is 0.397. The summed E-state index contributed by atoms with van der Waals surface area (Å²) in [5.41, 5.74) is 3.06. The molecule has 3 aliphatic heterocycles. The minimum atomic E-state index is -2.89. The van der Waals surface area contributed by atoms with E-state index in [1.165, 1.54) is 6.07 Å². The number of rotatable bonds is 6. The third-order valence-electron chi connectivity index (χ3n) is 9.50. The van der Waals surface area contributed by atoms with E-state index in [2.05, 4.69) is 10.3 Å². The summed E-state index contributed by atoms with van der Waals surface area (Å²) in [6.07, 6.45) is 1.09. The summed E-state index contributed by atoms with van der Waals surface area (Å²) < 4.78 is 32.3. The van der Waals surface area contributed by atoms with Crippen LogP contribution in [0.3, 0.4) is 0 Å². The third-order valence-corrected chi connectivity index (χ3v) is 9.71. The Bertz CT molecular complexity index is 1650. The van der Waals surface area contributed by atoms with E-state index in [4.69, 9.17) is 16.3 Å². The minimum absolute atomic E-state index is 0.0218. The Hall–Kier alpha value is -3.89. The Morgan fingerprint density at radius 3 is 2.57 bits per heavy atom. The summed E-state index contributed by atoms with van der Waals surface area (Å²) in [5, 5.41) is 2.99. The molecule has 0 atom stereocenters. The van der Waals surface area contributed by atoms with Crippen LogP contribution in [-0.4, -0.2) is 53.3 Å². The van der Waals surface area contributed by atoms with E-state index in [1.54, 1.807) is 4.90 Å². The lowest BCUT2D eigenvalue weighted by Crippen LogP contribution is -2.65. The molecule has 11 heteroatoms. The molecule has 3 amide bonds. The van der Waals surface area contributed by atoms with Gasteiger partial charge >= 0.3 is 0 Å². The number of likely N-dealkylation sites (tertiary alicyclic amines) is 1. The molecule has 3 aromatic rings. The molecule has 2 aromatic carbocycles. The fourth-order valence-electron chi connectivity index (χ4n) is 7.14. The number of alkyl halides is 2. The van der Waals surface area contributed by atoms with E-state index in [1.807, 2.05) is 47.4 Å². The number of aromatic nitrogens is 1.